The summed E-state index contributed by atoms with van der Waals surface area (Å²) in [6, 6.07) is 24.3. The van der Waals surface area contributed by atoms with Crippen LogP contribution in [0.15, 0.2) is 78.9 Å². The van der Waals surface area contributed by atoms with Crippen molar-refractivity contribution in [2.45, 2.75) is 19.8 Å². The minimum atomic E-state index is -0.467. The first kappa shape index (κ1) is 23.1. The Kier molecular flexibility index (Phi) is 7.29. The molecule has 4 rings (SSSR count). The molecule has 0 saturated carbocycles. The van der Waals surface area contributed by atoms with Gasteiger partial charge in [-0.1, -0.05) is 86.1 Å². The molecule has 0 aliphatic heterocycles. The summed E-state index contributed by atoms with van der Waals surface area (Å²) in [5.41, 5.74) is 3.72. The van der Waals surface area contributed by atoms with Crippen LogP contribution in [0.25, 0.3) is 22.4 Å². The molecule has 0 aliphatic carbocycles. The molecule has 0 bridgehead atoms. The molecular formula is C26H24N4O3S. The minimum Gasteiger partial charge on any atom is -0.384 e. The molecule has 0 saturated heterocycles. The van der Waals surface area contributed by atoms with Gasteiger partial charge in [-0.15, -0.1) is 0 Å². The van der Waals surface area contributed by atoms with Crippen LogP contribution in [0.1, 0.15) is 30.1 Å². The van der Waals surface area contributed by atoms with Gasteiger partial charge in [0.05, 0.1) is 10.5 Å². The van der Waals surface area contributed by atoms with E-state index in [0.29, 0.717) is 16.8 Å². The Balaban J connectivity index is 1.72. The molecule has 0 spiro atoms. The van der Waals surface area contributed by atoms with Crippen LogP contribution in [0.2, 0.25) is 0 Å². The number of aromatic nitrogens is 1. The monoisotopic (exact) mass is 472 g/mol. The highest BCUT2D eigenvalue weighted by Gasteiger charge is 2.25. The van der Waals surface area contributed by atoms with Crippen LogP contribution in [0.4, 0.5) is 15.8 Å². The Morgan fingerprint density at radius 2 is 1.65 bits per heavy atom. The van der Waals surface area contributed by atoms with Gasteiger partial charge in [0.25, 0.3) is 5.91 Å². The van der Waals surface area contributed by atoms with Crippen molar-refractivity contribution in [1.29, 1.82) is 0 Å². The number of carbonyl (C=O) groups is 1. The molecule has 2 N–H and O–H groups in total. The fourth-order valence-corrected chi connectivity index (χ4v) is 4.43. The second-order valence-corrected chi connectivity index (χ2v) is 8.60. The maximum atomic E-state index is 13.5. The second kappa shape index (κ2) is 10.7. The Morgan fingerprint density at radius 1 is 0.971 bits per heavy atom. The van der Waals surface area contributed by atoms with Gasteiger partial charge in [0, 0.05) is 17.8 Å². The van der Waals surface area contributed by atoms with Gasteiger partial charge >= 0.3 is 5.00 Å². The third kappa shape index (κ3) is 5.13. The molecule has 172 valence electrons. The molecule has 0 radical (unpaired) electrons. The lowest BCUT2D eigenvalue weighted by atomic mass is 9.97. The zero-order valence-corrected chi connectivity index (χ0v) is 19.5. The number of benzene rings is 3. The van der Waals surface area contributed by atoms with Crippen LogP contribution in [-0.2, 0) is 0 Å². The quantitative estimate of drug-likeness (QED) is 0.158. The lowest BCUT2D eigenvalue weighted by Crippen LogP contribution is -2.16. The first-order chi connectivity index (χ1) is 16.6. The molecule has 0 unspecified atom stereocenters. The SMILES string of the molecule is CCCCNc1cccc(-c2ccccc2)c1C(=O)Nc1nc(-c2ccccc2)c([N+](=O)[O-])s1. The highest BCUT2D eigenvalue weighted by Crippen LogP contribution is 2.38. The number of hydrogen-bond donors (Lipinski definition) is 2. The predicted molar refractivity (Wildman–Crippen MR) is 137 cm³/mol. The number of nitrogens with one attached hydrogen (secondary N) is 2. The molecule has 0 fully saturated rings. The summed E-state index contributed by atoms with van der Waals surface area (Å²) in [4.78, 5) is 29.1. The highest BCUT2D eigenvalue weighted by molar-refractivity contribution is 7.19. The standard InChI is InChI=1S/C26H24N4O3S/c1-2-3-17-27-21-16-10-15-20(18-11-6-4-7-12-18)22(21)24(31)29-26-28-23(25(34-26)30(32)33)19-13-8-5-9-14-19/h4-16,27H,2-3,17H2,1H3,(H,28,29,31). The zero-order valence-electron chi connectivity index (χ0n) is 18.7. The Labute approximate surface area is 201 Å². The molecule has 4 aromatic rings. The van der Waals surface area contributed by atoms with E-state index in [1.54, 1.807) is 24.3 Å². The van der Waals surface area contributed by atoms with Gasteiger partial charge in [0.1, 0.15) is 0 Å². The lowest BCUT2D eigenvalue weighted by Gasteiger charge is -2.16. The number of nitrogens with zero attached hydrogens (tertiary/aromatic N) is 2. The Morgan fingerprint density at radius 3 is 2.29 bits per heavy atom. The van der Waals surface area contributed by atoms with Gasteiger partial charge in [-0.2, -0.15) is 0 Å². The topological polar surface area (TPSA) is 97.2 Å². The van der Waals surface area contributed by atoms with Crippen molar-refractivity contribution in [2.75, 3.05) is 17.2 Å². The fourth-order valence-electron chi connectivity index (χ4n) is 3.64. The van der Waals surface area contributed by atoms with Gasteiger partial charge < -0.3 is 5.32 Å². The van der Waals surface area contributed by atoms with E-state index in [-0.39, 0.29) is 21.7 Å². The molecule has 1 amide bonds. The van der Waals surface area contributed by atoms with Gasteiger partial charge in [0.15, 0.2) is 10.8 Å². The summed E-state index contributed by atoms with van der Waals surface area (Å²) >= 11 is 0.852. The van der Waals surface area contributed by atoms with Crippen molar-refractivity contribution in [3.63, 3.8) is 0 Å². The molecule has 1 heterocycles. The maximum absolute atomic E-state index is 13.5. The number of amides is 1. The minimum absolute atomic E-state index is 0.112. The Bertz CT molecular complexity index is 1290. The van der Waals surface area contributed by atoms with E-state index in [9.17, 15) is 14.9 Å². The number of carbonyl (C=O) groups excluding carboxylic acids is 1. The van der Waals surface area contributed by atoms with Crippen molar-refractivity contribution in [2.24, 2.45) is 0 Å². The summed E-state index contributed by atoms with van der Waals surface area (Å²) < 4.78 is 0. The van der Waals surface area contributed by atoms with E-state index in [1.807, 2.05) is 54.6 Å². The summed E-state index contributed by atoms with van der Waals surface area (Å²) in [6.07, 6.45) is 1.99. The van der Waals surface area contributed by atoms with Crippen LogP contribution in [0.3, 0.4) is 0 Å². The number of rotatable bonds is 9. The summed E-state index contributed by atoms with van der Waals surface area (Å²) in [5.74, 6) is -0.373. The van der Waals surface area contributed by atoms with E-state index in [1.165, 1.54) is 0 Å². The Hall–Kier alpha value is -4.04. The average Bonchev–Trinajstić information content (AvgIpc) is 3.29. The van der Waals surface area contributed by atoms with Crippen molar-refractivity contribution in [1.82, 2.24) is 4.98 Å². The van der Waals surface area contributed by atoms with E-state index >= 15 is 0 Å². The van der Waals surface area contributed by atoms with E-state index in [0.717, 1.165) is 41.9 Å². The number of anilines is 2. The first-order valence-electron chi connectivity index (χ1n) is 11.0. The summed E-state index contributed by atoms with van der Waals surface area (Å²) in [7, 11) is 0. The van der Waals surface area contributed by atoms with Gasteiger partial charge in [-0.3, -0.25) is 20.2 Å². The average molecular weight is 473 g/mol. The van der Waals surface area contributed by atoms with Crippen molar-refractivity contribution in [3.05, 3.63) is 94.5 Å². The number of hydrogen-bond acceptors (Lipinski definition) is 6. The molecule has 34 heavy (non-hydrogen) atoms. The van der Waals surface area contributed by atoms with Crippen LogP contribution < -0.4 is 10.6 Å². The summed E-state index contributed by atoms with van der Waals surface area (Å²) in [5, 5.41) is 17.9. The smallest absolute Gasteiger partial charge is 0.353 e. The van der Waals surface area contributed by atoms with Crippen molar-refractivity contribution >= 4 is 33.1 Å². The van der Waals surface area contributed by atoms with Gasteiger partial charge in [-0.25, -0.2) is 4.98 Å². The fraction of sp³-hybridized carbons (Fsp3) is 0.154. The molecule has 0 atom stereocenters. The van der Waals surface area contributed by atoms with Crippen LogP contribution in [-0.4, -0.2) is 22.4 Å². The normalized spacial score (nSPS) is 10.6. The summed E-state index contributed by atoms with van der Waals surface area (Å²) in [6.45, 7) is 2.84. The van der Waals surface area contributed by atoms with Crippen molar-refractivity contribution in [3.8, 4) is 22.4 Å². The van der Waals surface area contributed by atoms with Crippen LogP contribution in [0, 0.1) is 10.1 Å². The highest BCUT2D eigenvalue weighted by atomic mass is 32.1. The van der Waals surface area contributed by atoms with Crippen LogP contribution >= 0.6 is 11.3 Å². The zero-order chi connectivity index (χ0) is 23.9. The van der Waals surface area contributed by atoms with Gasteiger partial charge in [0.2, 0.25) is 0 Å². The third-order valence-corrected chi connectivity index (χ3v) is 6.19. The third-order valence-electron chi connectivity index (χ3n) is 5.26. The maximum Gasteiger partial charge on any atom is 0.353 e. The predicted octanol–water partition coefficient (Wildman–Crippen LogP) is 6.85. The van der Waals surface area contributed by atoms with Gasteiger partial charge in [-0.05, 0) is 35.0 Å². The first-order valence-corrected chi connectivity index (χ1v) is 11.8. The largest absolute Gasteiger partial charge is 0.384 e. The van der Waals surface area contributed by atoms with E-state index in [2.05, 4.69) is 22.5 Å². The molecule has 0 aliphatic rings. The molecular weight excluding hydrogens is 448 g/mol. The number of nitro groups is 1. The second-order valence-electron chi connectivity index (χ2n) is 7.62. The molecule has 3 aromatic carbocycles. The van der Waals surface area contributed by atoms with E-state index in [4.69, 9.17) is 0 Å². The number of thiazole rings is 1. The molecule has 7 nitrogen and oxygen atoms in total. The van der Waals surface area contributed by atoms with Crippen LogP contribution in [0.5, 0.6) is 0 Å². The molecule has 1 aromatic heterocycles. The van der Waals surface area contributed by atoms with E-state index < -0.39 is 4.92 Å². The lowest BCUT2D eigenvalue weighted by molar-refractivity contribution is -0.379. The molecule has 8 heteroatoms. The number of unbranched alkanes of at least 4 members (excludes halogenated alkanes) is 1. The van der Waals surface area contributed by atoms with Crippen molar-refractivity contribution < 1.29 is 9.72 Å².